The molecule has 3 heteroatoms. The molecule has 1 unspecified atom stereocenters. The van der Waals surface area contributed by atoms with E-state index in [4.69, 9.17) is 4.98 Å². The molecule has 0 aliphatic carbocycles. The zero-order valence-corrected chi connectivity index (χ0v) is 13.9. The number of hydrogen-bond donors (Lipinski definition) is 1. The Morgan fingerprint density at radius 2 is 2.00 bits per heavy atom. The summed E-state index contributed by atoms with van der Waals surface area (Å²) in [5.41, 5.74) is 2.45. The van der Waals surface area contributed by atoms with E-state index >= 15 is 0 Å². The monoisotopic (exact) mass is 277 g/mol. The number of nitrogens with one attached hydrogen (secondary N) is 1. The van der Waals surface area contributed by atoms with Crippen molar-refractivity contribution in [2.75, 3.05) is 24.5 Å². The fraction of sp³-hybridized carbons (Fsp3) is 0.706. The van der Waals surface area contributed by atoms with Crippen LogP contribution in [0.2, 0.25) is 0 Å². The van der Waals surface area contributed by atoms with Crippen LogP contribution < -0.4 is 10.2 Å². The largest absolute Gasteiger partial charge is 0.357 e. The summed E-state index contributed by atoms with van der Waals surface area (Å²) in [5, 5.41) is 3.47. The van der Waals surface area contributed by atoms with Crippen molar-refractivity contribution < 1.29 is 0 Å². The van der Waals surface area contributed by atoms with E-state index < -0.39 is 0 Å². The Kier molecular flexibility index (Phi) is 7.60. The lowest BCUT2D eigenvalue weighted by Gasteiger charge is -2.26. The summed E-state index contributed by atoms with van der Waals surface area (Å²) in [7, 11) is 0. The van der Waals surface area contributed by atoms with E-state index in [9.17, 15) is 0 Å². The molecule has 1 rings (SSSR count). The standard InChI is InChI=1S/C17H31N3/c1-6-9-18-12-16-10-15(5)19-17(11-16)20(8-3)13-14(4)7-2/h10-11,14,18H,6-9,12-13H2,1-5H3. The number of aromatic nitrogens is 1. The summed E-state index contributed by atoms with van der Waals surface area (Å²) < 4.78 is 0. The van der Waals surface area contributed by atoms with Crippen molar-refractivity contribution in [1.29, 1.82) is 0 Å². The number of nitrogens with zero attached hydrogens (tertiary/aromatic N) is 2. The van der Waals surface area contributed by atoms with Gasteiger partial charge < -0.3 is 10.2 Å². The van der Waals surface area contributed by atoms with Crippen LogP contribution in [-0.2, 0) is 6.54 Å². The minimum atomic E-state index is 0.707. The first-order chi connectivity index (χ1) is 9.60. The number of aryl methyl sites for hydroxylation is 1. The summed E-state index contributed by atoms with van der Waals surface area (Å²) in [6, 6.07) is 4.42. The smallest absolute Gasteiger partial charge is 0.129 e. The van der Waals surface area contributed by atoms with Gasteiger partial charge in [-0.3, -0.25) is 0 Å². The Morgan fingerprint density at radius 1 is 1.25 bits per heavy atom. The van der Waals surface area contributed by atoms with E-state index in [1.807, 2.05) is 0 Å². The Labute approximate surface area is 124 Å². The normalized spacial score (nSPS) is 12.4. The van der Waals surface area contributed by atoms with E-state index in [0.717, 1.165) is 37.7 Å². The minimum absolute atomic E-state index is 0.707. The highest BCUT2D eigenvalue weighted by Crippen LogP contribution is 2.17. The number of pyridine rings is 1. The second-order valence-electron chi connectivity index (χ2n) is 5.70. The third-order valence-electron chi connectivity index (χ3n) is 3.69. The second kappa shape index (κ2) is 8.96. The predicted molar refractivity (Wildman–Crippen MR) is 88.3 cm³/mol. The Balaban J connectivity index is 2.81. The van der Waals surface area contributed by atoms with Crippen molar-refractivity contribution in [1.82, 2.24) is 10.3 Å². The Bertz CT molecular complexity index is 390. The molecule has 1 atom stereocenters. The van der Waals surface area contributed by atoms with Crippen molar-refractivity contribution >= 4 is 5.82 Å². The van der Waals surface area contributed by atoms with Gasteiger partial charge in [0.25, 0.3) is 0 Å². The van der Waals surface area contributed by atoms with Crippen LogP contribution in [0.15, 0.2) is 12.1 Å². The Morgan fingerprint density at radius 3 is 2.60 bits per heavy atom. The molecule has 1 aromatic rings. The molecule has 0 bridgehead atoms. The van der Waals surface area contributed by atoms with Gasteiger partial charge in [0.2, 0.25) is 0 Å². The molecule has 0 radical (unpaired) electrons. The summed E-state index contributed by atoms with van der Waals surface area (Å²) in [5.74, 6) is 1.83. The average Bonchev–Trinajstić information content (AvgIpc) is 2.44. The van der Waals surface area contributed by atoms with Crippen LogP contribution in [0.5, 0.6) is 0 Å². The molecule has 1 aromatic heterocycles. The van der Waals surface area contributed by atoms with Crippen LogP contribution >= 0.6 is 0 Å². The average molecular weight is 277 g/mol. The lowest BCUT2D eigenvalue weighted by Crippen LogP contribution is -2.29. The molecule has 0 aliphatic heterocycles. The molecule has 0 saturated carbocycles. The molecule has 3 nitrogen and oxygen atoms in total. The summed E-state index contributed by atoms with van der Waals surface area (Å²) in [4.78, 5) is 7.11. The van der Waals surface area contributed by atoms with Crippen LogP contribution in [0.25, 0.3) is 0 Å². The molecular weight excluding hydrogens is 246 g/mol. The molecule has 1 N–H and O–H groups in total. The zero-order chi connectivity index (χ0) is 15.0. The molecule has 0 spiro atoms. The van der Waals surface area contributed by atoms with Gasteiger partial charge in [-0.1, -0.05) is 27.2 Å². The van der Waals surface area contributed by atoms with Crippen molar-refractivity contribution in [2.24, 2.45) is 5.92 Å². The highest BCUT2D eigenvalue weighted by Gasteiger charge is 2.11. The minimum Gasteiger partial charge on any atom is -0.357 e. The van der Waals surface area contributed by atoms with Gasteiger partial charge in [-0.15, -0.1) is 0 Å². The van der Waals surface area contributed by atoms with E-state index in [1.165, 1.54) is 18.4 Å². The summed E-state index contributed by atoms with van der Waals surface area (Å²) in [6.07, 6.45) is 2.39. The van der Waals surface area contributed by atoms with Crippen LogP contribution in [0.3, 0.4) is 0 Å². The second-order valence-corrected chi connectivity index (χ2v) is 5.70. The molecule has 0 aliphatic rings. The van der Waals surface area contributed by atoms with Crippen LogP contribution in [0.4, 0.5) is 5.82 Å². The SMILES string of the molecule is CCCNCc1cc(C)nc(N(CC)CC(C)CC)c1. The molecule has 114 valence electrons. The first kappa shape index (κ1) is 17.0. The van der Waals surface area contributed by atoms with Crippen LogP contribution in [0, 0.1) is 12.8 Å². The third-order valence-corrected chi connectivity index (χ3v) is 3.69. The van der Waals surface area contributed by atoms with E-state index in [-0.39, 0.29) is 0 Å². The van der Waals surface area contributed by atoms with Crippen molar-refractivity contribution in [3.8, 4) is 0 Å². The molecule has 20 heavy (non-hydrogen) atoms. The molecule has 0 fully saturated rings. The van der Waals surface area contributed by atoms with E-state index in [2.05, 4.69) is 57.0 Å². The van der Waals surface area contributed by atoms with E-state index in [0.29, 0.717) is 5.92 Å². The summed E-state index contributed by atoms with van der Waals surface area (Å²) >= 11 is 0. The topological polar surface area (TPSA) is 28.2 Å². The van der Waals surface area contributed by atoms with Gasteiger partial charge in [-0.05, 0) is 50.4 Å². The lowest BCUT2D eigenvalue weighted by molar-refractivity contribution is 0.545. The van der Waals surface area contributed by atoms with Crippen LogP contribution in [0.1, 0.15) is 51.8 Å². The molecular formula is C17H31N3. The van der Waals surface area contributed by atoms with Gasteiger partial charge in [-0.25, -0.2) is 4.98 Å². The molecule has 0 amide bonds. The van der Waals surface area contributed by atoms with Crippen molar-refractivity contribution in [2.45, 2.75) is 54.0 Å². The van der Waals surface area contributed by atoms with Crippen molar-refractivity contribution in [3.63, 3.8) is 0 Å². The van der Waals surface area contributed by atoms with Crippen LogP contribution in [-0.4, -0.2) is 24.6 Å². The van der Waals surface area contributed by atoms with Gasteiger partial charge in [0.05, 0.1) is 0 Å². The molecule has 1 heterocycles. The quantitative estimate of drug-likeness (QED) is 0.697. The number of rotatable bonds is 9. The summed E-state index contributed by atoms with van der Waals surface area (Å²) in [6.45, 7) is 15.2. The fourth-order valence-corrected chi connectivity index (χ4v) is 2.28. The van der Waals surface area contributed by atoms with Gasteiger partial charge in [0, 0.05) is 25.3 Å². The fourth-order valence-electron chi connectivity index (χ4n) is 2.28. The number of hydrogen-bond acceptors (Lipinski definition) is 3. The molecule has 0 aromatic carbocycles. The highest BCUT2D eigenvalue weighted by atomic mass is 15.2. The van der Waals surface area contributed by atoms with Gasteiger partial charge >= 0.3 is 0 Å². The van der Waals surface area contributed by atoms with E-state index in [1.54, 1.807) is 0 Å². The maximum Gasteiger partial charge on any atom is 0.129 e. The molecule has 0 saturated heterocycles. The lowest BCUT2D eigenvalue weighted by atomic mass is 10.1. The number of anilines is 1. The highest BCUT2D eigenvalue weighted by molar-refractivity contribution is 5.42. The maximum absolute atomic E-state index is 4.72. The van der Waals surface area contributed by atoms with Gasteiger partial charge in [0.15, 0.2) is 0 Å². The third kappa shape index (κ3) is 5.49. The first-order valence-corrected chi connectivity index (χ1v) is 8.03. The zero-order valence-electron chi connectivity index (χ0n) is 13.9. The van der Waals surface area contributed by atoms with Gasteiger partial charge in [-0.2, -0.15) is 0 Å². The Hall–Kier alpha value is -1.09. The predicted octanol–water partition coefficient (Wildman–Crippen LogP) is 3.76. The maximum atomic E-state index is 4.72. The first-order valence-electron chi connectivity index (χ1n) is 8.03. The van der Waals surface area contributed by atoms with Gasteiger partial charge in [0.1, 0.15) is 5.82 Å². The van der Waals surface area contributed by atoms with Crippen molar-refractivity contribution in [3.05, 3.63) is 23.4 Å².